The minimum absolute atomic E-state index is 0.115. The van der Waals surface area contributed by atoms with Gasteiger partial charge in [-0.3, -0.25) is 4.79 Å². The van der Waals surface area contributed by atoms with Crippen LogP contribution in [0.4, 0.5) is 0 Å². The van der Waals surface area contributed by atoms with Crippen molar-refractivity contribution in [1.82, 2.24) is 5.32 Å². The van der Waals surface area contributed by atoms with Gasteiger partial charge in [-0.1, -0.05) is 6.07 Å². The number of hydrogen-bond donors (Lipinski definition) is 1. The molecule has 1 aromatic carbocycles. The number of nitrogens with one attached hydrogen (secondary N) is 1. The second-order valence-electron chi connectivity index (χ2n) is 4.07. The van der Waals surface area contributed by atoms with Crippen molar-refractivity contribution in [3.8, 4) is 11.5 Å². The topological polar surface area (TPSA) is 66.0 Å². The molecule has 112 valence electrons. The van der Waals surface area contributed by atoms with E-state index in [2.05, 4.69) is 5.32 Å². The van der Waals surface area contributed by atoms with Gasteiger partial charge in [0, 0.05) is 14.2 Å². The zero-order valence-electron chi connectivity index (χ0n) is 12.3. The number of ether oxygens (including phenoxy) is 4. The maximum Gasteiger partial charge on any atom is 0.224 e. The Labute approximate surface area is 119 Å². The van der Waals surface area contributed by atoms with E-state index in [1.54, 1.807) is 26.4 Å². The molecule has 0 unspecified atom stereocenters. The van der Waals surface area contributed by atoms with E-state index in [1.807, 2.05) is 6.07 Å². The summed E-state index contributed by atoms with van der Waals surface area (Å²) in [7, 11) is 6.17. The average molecular weight is 283 g/mol. The van der Waals surface area contributed by atoms with Crippen molar-refractivity contribution in [1.29, 1.82) is 0 Å². The third-order valence-electron chi connectivity index (χ3n) is 2.80. The van der Waals surface area contributed by atoms with Crippen LogP contribution in [-0.2, 0) is 20.7 Å². The van der Waals surface area contributed by atoms with Crippen LogP contribution in [0.2, 0.25) is 0 Å². The lowest BCUT2D eigenvalue weighted by atomic mass is 10.1. The summed E-state index contributed by atoms with van der Waals surface area (Å²) >= 11 is 0. The van der Waals surface area contributed by atoms with Gasteiger partial charge in [0.05, 0.1) is 27.2 Å². The van der Waals surface area contributed by atoms with Crippen molar-refractivity contribution in [2.45, 2.75) is 12.7 Å². The average Bonchev–Trinajstić information content (AvgIpc) is 2.48. The highest BCUT2D eigenvalue weighted by Crippen LogP contribution is 2.27. The van der Waals surface area contributed by atoms with Crippen LogP contribution < -0.4 is 14.8 Å². The van der Waals surface area contributed by atoms with E-state index in [9.17, 15) is 4.79 Å². The van der Waals surface area contributed by atoms with Gasteiger partial charge in [-0.2, -0.15) is 0 Å². The van der Waals surface area contributed by atoms with Gasteiger partial charge in [0.15, 0.2) is 17.8 Å². The Kier molecular flexibility index (Phi) is 6.83. The van der Waals surface area contributed by atoms with E-state index in [-0.39, 0.29) is 12.3 Å². The van der Waals surface area contributed by atoms with Gasteiger partial charge in [-0.05, 0) is 17.7 Å². The summed E-state index contributed by atoms with van der Waals surface area (Å²) in [5.41, 5.74) is 0.839. The molecule has 1 amide bonds. The third kappa shape index (κ3) is 4.71. The maximum absolute atomic E-state index is 11.8. The molecule has 6 nitrogen and oxygen atoms in total. The fourth-order valence-electron chi connectivity index (χ4n) is 1.70. The number of amides is 1. The first kappa shape index (κ1) is 16.3. The van der Waals surface area contributed by atoms with E-state index in [4.69, 9.17) is 18.9 Å². The molecular weight excluding hydrogens is 262 g/mol. The standard InChI is InChI=1S/C14H21NO5/c1-17-11-6-5-10(7-12(11)18-2)8-13(16)15-9-14(19-3)20-4/h5-7,14H,8-9H2,1-4H3,(H,15,16). The first-order valence-electron chi connectivity index (χ1n) is 6.17. The monoisotopic (exact) mass is 283 g/mol. The van der Waals surface area contributed by atoms with Gasteiger partial charge in [-0.15, -0.1) is 0 Å². The van der Waals surface area contributed by atoms with Crippen molar-refractivity contribution in [3.63, 3.8) is 0 Å². The van der Waals surface area contributed by atoms with E-state index in [1.165, 1.54) is 14.2 Å². The highest BCUT2D eigenvalue weighted by Gasteiger charge is 2.10. The molecule has 0 fully saturated rings. The van der Waals surface area contributed by atoms with Gasteiger partial charge in [-0.25, -0.2) is 0 Å². The Balaban J connectivity index is 2.57. The molecule has 1 N–H and O–H groups in total. The first-order valence-corrected chi connectivity index (χ1v) is 6.17. The fourth-order valence-corrected chi connectivity index (χ4v) is 1.70. The lowest BCUT2D eigenvalue weighted by Crippen LogP contribution is -2.34. The molecule has 0 bridgehead atoms. The van der Waals surface area contributed by atoms with Crippen molar-refractivity contribution >= 4 is 5.91 Å². The molecule has 0 aliphatic rings. The number of benzene rings is 1. The molecule has 6 heteroatoms. The molecule has 0 aliphatic carbocycles. The van der Waals surface area contributed by atoms with Gasteiger partial charge < -0.3 is 24.3 Å². The van der Waals surface area contributed by atoms with Crippen LogP contribution >= 0.6 is 0 Å². The lowest BCUT2D eigenvalue weighted by molar-refractivity contribution is -0.126. The SMILES string of the molecule is COc1ccc(CC(=O)NCC(OC)OC)cc1OC. The molecule has 0 heterocycles. The predicted octanol–water partition coefficient (Wildman–Crippen LogP) is 0.981. The third-order valence-corrected chi connectivity index (χ3v) is 2.80. The van der Waals surface area contributed by atoms with Gasteiger partial charge in [0.1, 0.15) is 0 Å². The van der Waals surface area contributed by atoms with Gasteiger partial charge in [0.25, 0.3) is 0 Å². The predicted molar refractivity (Wildman–Crippen MR) is 74.1 cm³/mol. The maximum atomic E-state index is 11.8. The molecule has 0 spiro atoms. The fraction of sp³-hybridized carbons (Fsp3) is 0.500. The number of carbonyl (C=O) groups excluding carboxylic acids is 1. The van der Waals surface area contributed by atoms with Crippen LogP contribution in [0.1, 0.15) is 5.56 Å². The van der Waals surface area contributed by atoms with Crippen LogP contribution in [0.5, 0.6) is 11.5 Å². The second-order valence-corrected chi connectivity index (χ2v) is 4.07. The van der Waals surface area contributed by atoms with Crippen LogP contribution in [-0.4, -0.2) is 47.2 Å². The van der Waals surface area contributed by atoms with Crippen LogP contribution in [0.15, 0.2) is 18.2 Å². The van der Waals surface area contributed by atoms with E-state index < -0.39 is 6.29 Å². The molecule has 0 saturated heterocycles. The summed E-state index contributed by atoms with van der Waals surface area (Å²) in [5, 5.41) is 2.74. The highest BCUT2D eigenvalue weighted by molar-refractivity contribution is 5.78. The molecule has 0 atom stereocenters. The molecular formula is C14H21NO5. The summed E-state index contributed by atoms with van der Waals surface area (Å²) < 4.78 is 20.3. The van der Waals surface area contributed by atoms with Gasteiger partial charge >= 0.3 is 0 Å². The van der Waals surface area contributed by atoms with Crippen molar-refractivity contribution in [3.05, 3.63) is 23.8 Å². The summed E-state index contributed by atoms with van der Waals surface area (Å²) in [5.74, 6) is 1.12. The molecule has 0 aromatic heterocycles. The van der Waals surface area contributed by atoms with Crippen LogP contribution in [0.25, 0.3) is 0 Å². The number of methoxy groups -OCH3 is 4. The normalized spacial score (nSPS) is 10.4. The van der Waals surface area contributed by atoms with E-state index >= 15 is 0 Å². The number of hydrogen-bond acceptors (Lipinski definition) is 5. The van der Waals surface area contributed by atoms with Crippen molar-refractivity contribution < 1.29 is 23.7 Å². The Morgan fingerprint density at radius 3 is 2.30 bits per heavy atom. The van der Waals surface area contributed by atoms with Gasteiger partial charge in [0.2, 0.25) is 5.91 Å². The number of carbonyl (C=O) groups is 1. The Morgan fingerprint density at radius 2 is 1.75 bits per heavy atom. The summed E-state index contributed by atoms with van der Waals surface area (Å²) in [6.07, 6.45) is -0.190. The zero-order chi connectivity index (χ0) is 15.0. The molecule has 20 heavy (non-hydrogen) atoms. The minimum atomic E-state index is -0.440. The van der Waals surface area contributed by atoms with E-state index in [0.29, 0.717) is 18.0 Å². The lowest BCUT2D eigenvalue weighted by Gasteiger charge is -2.14. The second kappa shape index (κ2) is 8.39. The largest absolute Gasteiger partial charge is 0.493 e. The van der Waals surface area contributed by atoms with E-state index in [0.717, 1.165) is 5.56 Å². The summed E-state index contributed by atoms with van der Waals surface area (Å²) in [6, 6.07) is 5.38. The van der Waals surface area contributed by atoms with Crippen LogP contribution in [0, 0.1) is 0 Å². The zero-order valence-corrected chi connectivity index (χ0v) is 12.3. The molecule has 1 aromatic rings. The van der Waals surface area contributed by atoms with Crippen molar-refractivity contribution in [2.24, 2.45) is 0 Å². The molecule has 0 saturated carbocycles. The molecule has 0 radical (unpaired) electrons. The number of rotatable bonds is 8. The minimum Gasteiger partial charge on any atom is -0.493 e. The Hall–Kier alpha value is -1.79. The Bertz CT molecular complexity index is 432. The smallest absolute Gasteiger partial charge is 0.224 e. The molecule has 0 aliphatic heterocycles. The highest BCUT2D eigenvalue weighted by atomic mass is 16.7. The van der Waals surface area contributed by atoms with Crippen LogP contribution in [0.3, 0.4) is 0 Å². The first-order chi connectivity index (χ1) is 9.64. The Morgan fingerprint density at radius 1 is 1.10 bits per heavy atom. The quantitative estimate of drug-likeness (QED) is 0.720. The molecule has 1 rings (SSSR count). The van der Waals surface area contributed by atoms with Crippen molar-refractivity contribution in [2.75, 3.05) is 35.0 Å². The summed E-state index contributed by atoms with van der Waals surface area (Å²) in [6.45, 7) is 0.305. The summed E-state index contributed by atoms with van der Waals surface area (Å²) in [4.78, 5) is 11.8.